The second kappa shape index (κ2) is 6.88. The SMILES string of the molecule is COC(C)(C)CC(C)NCCc1ccc(Br)s1. The molecule has 1 N–H and O–H groups in total. The lowest BCUT2D eigenvalue weighted by Gasteiger charge is -2.27. The van der Waals surface area contributed by atoms with Gasteiger partial charge in [-0.25, -0.2) is 0 Å². The van der Waals surface area contributed by atoms with Crippen LogP contribution in [0.2, 0.25) is 0 Å². The molecule has 98 valence electrons. The van der Waals surface area contributed by atoms with Crippen molar-refractivity contribution in [1.82, 2.24) is 5.32 Å². The Morgan fingerprint density at radius 1 is 1.47 bits per heavy atom. The topological polar surface area (TPSA) is 21.3 Å². The second-order valence-electron chi connectivity index (χ2n) is 4.98. The third kappa shape index (κ3) is 6.00. The van der Waals surface area contributed by atoms with Crippen LogP contribution in [0.3, 0.4) is 0 Å². The molecule has 1 rings (SSSR count). The Bertz CT molecular complexity index is 338. The third-order valence-electron chi connectivity index (χ3n) is 2.84. The average molecular weight is 320 g/mol. The fourth-order valence-electron chi connectivity index (χ4n) is 1.82. The van der Waals surface area contributed by atoms with E-state index in [0.29, 0.717) is 6.04 Å². The molecule has 17 heavy (non-hydrogen) atoms. The van der Waals surface area contributed by atoms with Crippen LogP contribution in [-0.2, 0) is 11.2 Å². The first-order chi connectivity index (χ1) is 7.93. The van der Waals surface area contributed by atoms with Gasteiger partial charge in [0.25, 0.3) is 0 Å². The molecule has 0 radical (unpaired) electrons. The monoisotopic (exact) mass is 319 g/mol. The lowest BCUT2D eigenvalue weighted by molar-refractivity contribution is 0.00865. The largest absolute Gasteiger partial charge is 0.379 e. The first-order valence-corrected chi connectivity index (χ1v) is 7.56. The fraction of sp³-hybridized carbons (Fsp3) is 0.692. The van der Waals surface area contributed by atoms with Gasteiger partial charge >= 0.3 is 0 Å². The quantitative estimate of drug-likeness (QED) is 0.824. The Balaban J connectivity index is 2.22. The van der Waals surface area contributed by atoms with Gasteiger partial charge in [-0.3, -0.25) is 0 Å². The van der Waals surface area contributed by atoms with E-state index in [1.165, 1.54) is 8.66 Å². The molecule has 0 fully saturated rings. The highest BCUT2D eigenvalue weighted by Crippen LogP contribution is 2.22. The standard InChI is InChI=1S/C13H22BrNOS/c1-10(9-13(2,3)16-4)15-8-7-11-5-6-12(14)17-11/h5-6,10,15H,7-9H2,1-4H3. The summed E-state index contributed by atoms with van der Waals surface area (Å²) in [5.74, 6) is 0. The van der Waals surface area contributed by atoms with Crippen molar-refractivity contribution in [1.29, 1.82) is 0 Å². The summed E-state index contributed by atoms with van der Waals surface area (Å²) < 4.78 is 6.64. The molecule has 0 bridgehead atoms. The lowest BCUT2D eigenvalue weighted by atomic mass is 10.00. The minimum Gasteiger partial charge on any atom is -0.379 e. The number of thiophene rings is 1. The van der Waals surface area contributed by atoms with Gasteiger partial charge in [0.05, 0.1) is 9.39 Å². The van der Waals surface area contributed by atoms with Gasteiger partial charge in [0.2, 0.25) is 0 Å². The molecule has 1 heterocycles. The zero-order valence-electron chi connectivity index (χ0n) is 11.0. The summed E-state index contributed by atoms with van der Waals surface area (Å²) in [5.41, 5.74) is -0.0433. The van der Waals surface area contributed by atoms with E-state index >= 15 is 0 Å². The molecule has 1 aromatic rings. The van der Waals surface area contributed by atoms with Crippen molar-refractivity contribution in [2.45, 2.75) is 45.3 Å². The minimum absolute atomic E-state index is 0.0433. The van der Waals surface area contributed by atoms with E-state index < -0.39 is 0 Å². The third-order valence-corrected chi connectivity index (χ3v) is 4.53. The van der Waals surface area contributed by atoms with Gasteiger partial charge in [0.1, 0.15) is 0 Å². The number of methoxy groups -OCH3 is 1. The number of halogens is 1. The highest BCUT2D eigenvalue weighted by Gasteiger charge is 2.19. The Morgan fingerprint density at radius 2 is 2.18 bits per heavy atom. The van der Waals surface area contributed by atoms with Crippen LogP contribution in [0.25, 0.3) is 0 Å². The van der Waals surface area contributed by atoms with E-state index in [-0.39, 0.29) is 5.60 Å². The van der Waals surface area contributed by atoms with Crippen LogP contribution in [0, 0.1) is 0 Å². The van der Waals surface area contributed by atoms with E-state index in [0.717, 1.165) is 19.4 Å². The molecular weight excluding hydrogens is 298 g/mol. The number of hydrogen-bond donors (Lipinski definition) is 1. The smallest absolute Gasteiger partial charge is 0.0701 e. The van der Waals surface area contributed by atoms with Crippen LogP contribution in [0.5, 0.6) is 0 Å². The first kappa shape index (κ1) is 15.2. The van der Waals surface area contributed by atoms with Crippen LogP contribution < -0.4 is 5.32 Å². The molecule has 0 aliphatic carbocycles. The van der Waals surface area contributed by atoms with Crippen molar-refractivity contribution in [3.05, 3.63) is 20.8 Å². The van der Waals surface area contributed by atoms with Crippen molar-refractivity contribution in [3.63, 3.8) is 0 Å². The van der Waals surface area contributed by atoms with Gasteiger partial charge in [-0.15, -0.1) is 11.3 Å². The summed E-state index contributed by atoms with van der Waals surface area (Å²) in [6.07, 6.45) is 2.12. The highest BCUT2D eigenvalue weighted by atomic mass is 79.9. The van der Waals surface area contributed by atoms with E-state index in [1.807, 2.05) is 11.3 Å². The van der Waals surface area contributed by atoms with E-state index in [9.17, 15) is 0 Å². The predicted molar refractivity (Wildman–Crippen MR) is 78.9 cm³/mol. The molecule has 0 aliphatic rings. The maximum Gasteiger partial charge on any atom is 0.0701 e. The van der Waals surface area contributed by atoms with Crippen molar-refractivity contribution in [2.75, 3.05) is 13.7 Å². The van der Waals surface area contributed by atoms with E-state index in [4.69, 9.17) is 4.74 Å². The summed E-state index contributed by atoms with van der Waals surface area (Å²) in [6, 6.07) is 4.77. The second-order valence-corrected chi connectivity index (χ2v) is 7.53. The van der Waals surface area contributed by atoms with Crippen LogP contribution in [0.15, 0.2) is 15.9 Å². The molecule has 0 aliphatic heterocycles. The summed E-state index contributed by atoms with van der Waals surface area (Å²) in [4.78, 5) is 1.42. The van der Waals surface area contributed by atoms with Crippen molar-refractivity contribution < 1.29 is 4.74 Å². The van der Waals surface area contributed by atoms with Gasteiger partial charge < -0.3 is 10.1 Å². The molecule has 4 heteroatoms. The van der Waals surface area contributed by atoms with Crippen LogP contribution in [0.4, 0.5) is 0 Å². The maximum atomic E-state index is 5.43. The Labute approximate surface area is 117 Å². The molecule has 1 atom stereocenters. The van der Waals surface area contributed by atoms with Gasteiger partial charge in [0, 0.05) is 24.6 Å². The molecule has 0 saturated carbocycles. The van der Waals surface area contributed by atoms with E-state index in [1.54, 1.807) is 7.11 Å². The fourth-order valence-corrected chi connectivity index (χ4v) is 3.30. The van der Waals surface area contributed by atoms with Gasteiger partial charge in [-0.1, -0.05) is 0 Å². The molecular formula is C13H22BrNOS. The van der Waals surface area contributed by atoms with Gasteiger partial charge in [0.15, 0.2) is 0 Å². The number of nitrogens with one attached hydrogen (secondary N) is 1. The van der Waals surface area contributed by atoms with Crippen LogP contribution >= 0.6 is 27.3 Å². The molecule has 1 unspecified atom stereocenters. The molecule has 0 saturated heterocycles. The van der Waals surface area contributed by atoms with Gasteiger partial charge in [-0.05, 0) is 61.7 Å². The highest BCUT2D eigenvalue weighted by molar-refractivity contribution is 9.11. The summed E-state index contributed by atoms with van der Waals surface area (Å²) in [7, 11) is 1.77. The molecule has 0 aromatic carbocycles. The number of hydrogen-bond acceptors (Lipinski definition) is 3. The number of rotatable bonds is 7. The van der Waals surface area contributed by atoms with Crippen LogP contribution in [0.1, 0.15) is 32.1 Å². The van der Waals surface area contributed by atoms with Crippen molar-refractivity contribution in [2.24, 2.45) is 0 Å². The molecule has 2 nitrogen and oxygen atoms in total. The minimum atomic E-state index is -0.0433. The normalized spacial score (nSPS) is 13.9. The average Bonchev–Trinajstić information content (AvgIpc) is 2.63. The van der Waals surface area contributed by atoms with Crippen molar-refractivity contribution >= 4 is 27.3 Å². The summed E-state index contributed by atoms with van der Waals surface area (Å²) >= 11 is 5.29. The Kier molecular flexibility index (Phi) is 6.13. The first-order valence-electron chi connectivity index (χ1n) is 5.96. The lowest BCUT2D eigenvalue weighted by Crippen LogP contribution is -2.36. The summed E-state index contributed by atoms with van der Waals surface area (Å²) in [5, 5.41) is 3.54. The van der Waals surface area contributed by atoms with E-state index in [2.05, 4.69) is 54.2 Å². The maximum absolute atomic E-state index is 5.43. The number of ether oxygens (including phenoxy) is 1. The predicted octanol–water partition coefficient (Wildman–Crippen LogP) is 3.85. The molecule has 0 amide bonds. The van der Waals surface area contributed by atoms with Crippen LogP contribution in [-0.4, -0.2) is 25.3 Å². The molecule has 0 spiro atoms. The van der Waals surface area contributed by atoms with Gasteiger partial charge in [-0.2, -0.15) is 0 Å². The Hall–Kier alpha value is 0.1000. The molecule has 1 aromatic heterocycles. The zero-order chi connectivity index (χ0) is 12.9. The Morgan fingerprint density at radius 3 is 2.71 bits per heavy atom. The summed E-state index contributed by atoms with van der Waals surface area (Å²) in [6.45, 7) is 7.49. The zero-order valence-corrected chi connectivity index (χ0v) is 13.5. The van der Waals surface area contributed by atoms with Crippen molar-refractivity contribution in [3.8, 4) is 0 Å².